The Morgan fingerprint density at radius 2 is 0.551 bits per heavy atom. The Morgan fingerprint density at radius 1 is 0.174 bits per heavy atom. The Balaban J connectivity index is 1.10. The van der Waals surface area contributed by atoms with Crippen LogP contribution in [0.1, 0.15) is 0 Å². The predicted octanol–water partition coefficient (Wildman–Crippen LogP) is 19.1. The van der Waals surface area contributed by atoms with Gasteiger partial charge in [-0.1, -0.05) is 243 Å². The topological polar surface area (TPSA) is 3.24 Å². The van der Waals surface area contributed by atoms with Gasteiger partial charge in [0, 0.05) is 17.1 Å². The molecule has 69 heavy (non-hydrogen) atoms. The first kappa shape index (κ1) is 41.4. The van der Waals surface area contributed by atoms with E-state index >= 15 is 0 Å². The van der Waals surface area contributed by atoms with Crippen LogP contribution < -0.4 is 4.90 Å². The maximum atomic E-state index is 2.45. The quantitative estimate of drug-likeness (QED) is 0.124. The van der Waals surface area contributed by atoms with Crippen LogP contribution in [0.5, 0.6) is 0 Å². The van der Waals surface area contributed by atoms with Crippen molar-refractivity contribution in [1.29, 1.82) is 0 Å². The minimum atomic E-state index is 1.07. The van der Waals surface area contributed by atoms with Crippen molar-refractivity contribution in [2.24, 2.45) is 0 Å². The zero-order valence-corrected chi connectivity index (χ0v) is 38.1. The van der Waals surface area contributed by atoms with Crippen molar-refractivity contribution in [3.05, 3.63) is 285 Å². The smallest absolute Gasteiger partial charge is 0.0473 e. The van der Waals surface area contributed by atoms with E-state index in [1.807, 2.05) is 0 Å². The van der Waals surface area contributed by atoms with Crippen molar-refractivity contribution < 1.29 is 0 Å². The molecule has 0 aromatic heterocycles. The van der Waals surface area contributed by atoms with E-state index in [1.54, 1.807) is 0 Å². The predicted molar refractivity (Wildman–Crippen MR) is 294 cm³/mol. The van der Waals surface area contributed by atoms with Gasteiger partial charge in [-0.3, -0.25) is 0 Å². The van der Waals surface area contributed by atoms with Gasteiger partial charge in [0.25, 0.3) is 0 Å². The highest BCUT2D eigenvalue weighted by Gasteiger charge is 2.22. The minimum absolute atomic E-state index is 1.07. The van der Waals surface area contributed by atoms with E-state index in [0.717, 1.165) is 33.8 Å². The lowest BCUT2D eigenvalue weighted by Crippen LogP contribution is -2.10. The van der Waals surface area contributed by atoms with Crippen molar-refractivity contribution in [3.63, 3.8) is 0 Å². The fraction of sp³-hybridized carbons (Fsp3) is 0. The summed E-state index contributed by atoms with van der Waals surface area (Å²) >= 11 is 0. The normalized spacial score (nSPS) is 11.2. The molecule has 0 amide bonds. The van der Waals surface area contributed by atoms with Gasteiger partial charge in [0.2, 0.25) is 0 Å². The van der Waals surface area contributed by atoms with Crippen LogP contribution in [0.15, 0.2) is 285 Å². The summed E-state index contributed by atoms with van der Waals surface area (Å²) in [5.74, 6) is 0. The summed E-state index contributed by atoms with van der Waals surface area (Å²) in [6, 6.07) is 104. The molecule has 0 aliphatic rings. The molecule has 1 nitrogen and oxygen atoms in total. The molecule has 12 aromatic carbocycles. The monoisotopic (exact) mass is 877 g/mol. The Bertz CT molecular complexity index is 3660. The fourth-order valence-corrected chi connectivity index (χ4v) is 10.3. The van der Waals surface area contributed by atoms with Crippen LogP contribution in [0.2, 0.25) is 0 Å². The molecular weight excluding hydrogens is 831 g/mol. The van der Waals surface area contributed by atoms with Crippen LogP contribution in [0.25, 0.3) is 99.4 Å². The number of hydrogen-bond acceptors (Lipinski definition) is 1. The Kier molecular flexibility index (Phi) is 11.0. The lowest BCUT2D eigenvalue weighted by atomic mass is 9.85. The second kappa shape index (κ2) is 18.3. The van der Waals surface area contributed by atoms with Crippen molar-refractivity contribution in [3.8, 4) is 77.9 Å². The summed E-state index contributed by atoms with van der Waals surface area (Å²) in [5, 5.41) is 4.87. The number of rotatable bonds is 10. The van der Waals surface area contributed by atoms with E-state index in [-0.39, 0.29) is 0 Å². The first-order chi connectivity index (χ1) is 34.2. The van der Waals surface area contributed by atoms with Crippen LogP contribution in [0.3, 0.4) is 0 Å². The van der Waals surface area contributed by atoms with Gasteiger partial charge < -0.3 is 4.90 Å². The molecule has 12 aromatic rings. The first-order valence-corrected chi connectivity index (χ1v) is 23.7. The molecule has 1 heteroatoms. The molecule has 0 spiro atoms. The van der Waals surface area contributed by atoms with Crippen molar-refractivity contribution in [2.45, 2.75) is 0 Å². The zero-order valence-electron chi connectivity index (χ0n) is 38.1. The number of nitrogens with zero attached hydrogens (tertiary/aromatic N) is 1. The van der Waals surface area contributed by atoms with Crippen LogP contribution >= 0.6 is 0 Å². The third-order valence-electron chi connectivity index (χ3n) is 13.4. The molecule has 0 aliphatic heterocycles. The van der Waals surface area contributed by atoms with Crippen LogP contribution in [0, 0.1) is 0 Å². The maximum absolute atomic E-state index is 2.45. The molecule has 0 saturated heterocycles. The summed E-state index contributed by atoms with van der Waals surface area (Å²) in [6.07, 6.45) is 0. The molecular formula is C68H47N. The summed E-state index contributed by atoms with van der Waals surface area (Å²) < 4.78 is 0. The Hall–Kier alpha value is -9.04. The molecule has 0 atom stereocenters. The van der Waals surface area contributed by atoms with E-state index in [4.69, 9.17) is 0 Å². The van der Waals surface area contributed by atoms with Gasteiger partial charge in [0.1, 0.15) is 0 Å². The Labute approximate surface area is 404 Å². The highest BCUT2D eigenvalue weighted by Crippen LogP contribution is 2.48. The average molecular weight is 878 g/mol. The van der Waals surface area contributed by atoms with Gasteiger partial charge >= 0.3 is 0 Å². The zero-order chi connectivity index (χ0) is 45.9. The summed E-state index contributed by atoms with van der Waals surface area (Å²) in [5.41, 5.74) is 19.9. The molecule has 0 radical (unpaired) electrons. The van der Waals surface area contributed by atoms with Crippen molar-refractivity contribution in [2.75, 3.05) is 4.90 Å². The van der Waals surface area contributed by atoms with Gasteiger partial charge in [-0.15, -0.1) is 0 Å². The van der Waals surface area contributed by atoms with Gasteiger partial charge in [-0.05, 0) is 142 Å². The summed E-state index contributed by atoms with van der Waals surface area (Å²) in [7, 11) is 0. The molecule has 0 N–H and O–H groups in total. The molecule has 324 valence electrons. The third-order valence-corrected chi connectivity index (χ3v) is 13.4. The van der Waals surface area contributed by atoms with Gasteiger partial charge in [-0.2, -0.15) is 0 Å². The van der Waals surface area contributed by atoms with E-state index in [9.17, 15) is 0 Å². The van der Waals surface area contributed by atoms with Gasteiger partial charge in [0.15, 0.2) is 0 Å². The van der Waals surface area contributed by atoms with Crippen molar-refractivity contribution >= 4 is 38.6 Å². The van der Waals surface area contributed by atoms with E-state index in [0.29, 0.717) is 0 Å². The second-order valence-electron chi connectivity index (χ2n) is 17.6. The average Bonchev–Trinajstić information content (AvgIpc) is 3.44. The molecule has 0 bridgehead atoms. The second-order valence-corrected chi connectivity index (χ2v) is 17.6. The number of fused-ring (bicyclic) bond motifs is 3. The molecule has 0 heterocycles. The SMILES string of the molecule is c1ccc(-c2cc(-c3ccccc3)cc(N(c3ccc(-c4cccc(-c5ccccc5)c4-c4ccccc4)cc3)c3ccc4c(-c5ccccc5)c(-c5ccccc5)c5ccccc5c4c3)c2)cc1. The van der Waals surface area contributed by atoms with Gasteiger partial charge in [-0.25, -0.2) is 0 Å². The molecule has 0 unspecified atom stereocenters. The number of hydrogen-bond donors (Lipinski definition) is 0. The lowest BCUT2D eigenvalue weighted by Gasteiger charge is -2.28. The standard InChI is InChI=1S/C68H47N/c1-7-22-48(23-8-1)55-44-56(49-24-9-2-10-25-49)46-59(45-55)69(57-40-38-51(39-41-57)61-37-21-36-60(50-26-11-3-12-27-50)66(61)52-28-13-4-14-29-52)58-42-43-64-65(47-58)62-34-19-20-35-63(62)67(53-30-15-5-16-31-53)68(64)54-32-17-6-18-33-54/h1-47H. The Morgan fingerprint density at radius 3 is 1.04 bits per heavy atom. The lowest BCUT2D eigenvalue weighted by molar-refractivity contribution is 1.29. The van der Waals surface area contributed by atoms with E-state index in [2.05, 4.69) is 290 Å². The maximum Gasteiger partial charge on any atom is 0.0473 e. The van der Waals surface area contributed by atoms with E-state index in [1.165, 1.54) is 82.7 Å². The highest BCUT2D eigenvalue weighted by atomic mass is 15.1. The van der Waals surface area contributed by atoms with Crippen LogP contribution in [-0.4, -0.2) is 0 Å². The van der Waals surface area contributed by atoms with Crippen LogP contribution in [-0.2, 0) is 0 Å². The molecule has 12 rings (SSSR count). The highest BCUT2D eigenvalue weighted by molar-refractivity contribution is 6.22. The van der Waals surface area contributed by atoms with Gasteiger partial charge in [0.05, 0.1) is 0 Å². The molecule has 0 aliphatic carbocycles. The third kappa shape index (κ3) is 7.97. The number of anilines is 3. The molecule has 0 fully saturated rings. The van der Waals surface area contributed by atoms with E-state index < -0.39 is 0 Å². The van der Waals surface area contributed by atoms with Crippen molar-refractivity contribution in [1.82, 2.24) is 0 Å². The molecule has 0 saturated carbocycles. The largest absolute Gasteiger partial charge is 0.310 e. The minimum Gasteiger partial charge on any atom is -0.310 e. The fourth-order valence-electron chi connectivity index (χ4n) is 10.3. The first-order valence-electron chi connectivity index (χ1n) is 23.7. The summed E-state index contributed by atoms with van der Waals surface area (Å²) in [6.45, 7) is 0. The van der Waals surface area contributed by atoms with Crippen LogP contribution in [0.4, 0.5) is 17.1 Å². The summed E-state index contributed by atoms with van der Waals surface area (Å²) in [4.78, 5) is 2.45. The number of benzene rings is 12.